The fourth-order valence-electron chi connectivity index (χ4n) is 4.03. The summed E-state index contributed by atoms with van der Waals surface area (Å²) in [5.41, 5.74) is 2.39. The highest BCUT2D eigenvalue weighted by molar-refractivity contribution is 7.89. The third kappa shape index (κ3) is 4.69. The molecule has 7 nitrogen and oxygen atoms in total. The number of benzene rings is 3. The van der Waals surface area contributed by atoms with Crippen molar-refractivity contribution >= 4 is 33.2 Å². The lowest BCUT2D eigenvalue weighted by Crippen LogP contribution is -2.33. The molecular weight excluding hydrogens is 469 g/mol. The summed E-state index contributed by atoms with van der Waals surface area (Å²) in [6.45, 7) is 5.20. The molecule has 1 aliphatic heterocycles. The Balaban J connectivity index is 1.43. The van der Waals surface area contributed by atoms with Crippen LogP contribution in [0.25, 0.3) is 0 Å². The number of rotatable bonds is 6. The number of hydrogen-bond donors (Lipinski definition) is 2. The Morgan fingerprint density at radius 1 is 1.03 bits per heavy atom. The molecule has 35 heavy (non-hydrogen) atoms. The molecule has 2 amide bonds. The number of halogens is 1. The molecule has 0 unspecified atom stereocenters. The van der Waals surface area contributed by atoms with Crippen molar-refractivity contribution in [3.05, 3.63) is 88.7 Å². The Labute approximate surface area is 204 Å². The molecule has 1 heterocycles. The fourth-order valence-corrected chi connectivity index (χ4v) is 5.07. The van der Waals surface area contributed by atoms with Gasteiger partial charge in [0.25, 0.3) is 5.91 Å². The molecule has 0 spiro atoms. The zero-order valence-electron chi connectivity index (χ0n) is 19.8. The number of carbonyl (C=O) groups is 2. The molecular formula is C26H26FN3O4S. The van der Waals surface area contributed by atoms with E-state index in [1.54, 1.807) is 76.3 Å². The van der Waals surface area contributed by atoms with Crippen molar-refractivity contribution in [2.45, 2.75) is 37.6 Å². The molecule has 3 aromatic carbocycles. The summed E-state index contributed by atoms with van der Waals surface area (Å²) < 4.78 is 42.1. The Kier molecular flexibility index (Phi) is 6.25. The van der Waals surface area contributed by atoms with E-state index in [1.165, 1.54) is 17.0 Å². The van der Waals surface area contributed by atoms with Crippen molar-refractivity contribution in [1.82, 2.24) is 4.72 Å². The summed E-state index contributed by atoms with van der Waals surface area (Å²) in [5.74, 6) is -0.900. The maximum Gasteiger partial charge on any atom is 0.255 e. The third-order valence-electron chi connectivity index (χ3n) is 6.26. The number of nitrogens with one attached hydrogen (secondary N) is 2. The van der Waals surface area contributed by atoms with Crippen LogP contribution in [0.4, 0.5) is 15.8 Å². The molecule has 182 valence electrons. The van der Waals surface area contributed by atoms with Crippen LogP contribution in [0.3, 0.4) is 0 Å². The van der Waals surface area contributed by atoms with Gasteiger partial charge in [0.2, 0.25) is 15.9 Å². The van der Waals surface area contributed by atoms with Gasteiger partial charge >= 0.3 is 0 Å². The van der Waals surface area contributed by atoms with Gasteiger partial charge < -0.3 is 10.2 Å². The highest BCUT2D eigenvalue weighted by Crippen LogP contribution is 2.41. The molecule has 0 aromatic heterocycles. The number of aryl methyl sites for hydroxylation is 1. The van der Waals surface area contributed by atoms with Crippen molar-refractivity contribution < 1.29 is 22.4 Å². The number of nitrogens with zero attached hydrogens (tertiary/aromatic N) is 1. The van der Waals surface area contributed by atoms with Crippen molar-refractivity contribution in [3.8, 4) is 0 Å². The number of fused-ring (bicyclic) bond motifs is 1. The highest BCUT2D eigenvalue weighted by Gasteiger charge is 2.42. The molecule has 0 bridgehead atoms. The molecule has 4 rings (SSSR count). The van der Waals surface area contributed by atoms with E-state index in [9.17, 15) is 22.4 Å². The van der Waals surface area contributed by atoms with Gasteiger partial charge in [-0.2, -0.15) is 0 Å². The van der Waals surface area contributed by atoms with Gasteiger partial charge in [-0.3, -0.25) is 9.59 Å². The second-order valence-electron chi connectivity index (χ2n) is 9.11. The van der Waals surface area contributed by atoms with E-state index in [0.29, 0.717) is 33.6 Å². The van der Waals surface area contributed by atoms with Crippen LogP contribution in [0, 0.1) is 12.7 Å². The first-order chi connectivity index (χ1) is 16.4. The van der Waals surface area contributed by atoms with Crippen LogP contribution in [0.2, 0.25) is 0 Å². The number of hydrogen-bond acceptors (Lipinski definition) is 4. The molecule has 0 radical (unpaired) electrons. The summed E-state index contributed by atoms with van der Waals surface area (Å²) in [6.07, 6.45) is 0. The third-order valence-corrected chi connectivity index (χ3v) is 7.66. The molecule has 0 saturated carbocycles. The Morgan fingerprint density at radius 2 is 1.71 bits per heavy atom. The topological polar surface area (TPSA) is 95.6 Å². The predicted molar refractivity (Wildman–Crippen MR) is 132 cm³/mol. The number of sulfonamides is 1. The average Bonchev–Trinajstić information content (AvgIpc) is 3.00. The van der Waals surface area contributed by atoms with Crippen LogP contribution in [0.15, 0.2) is 65.6 Å². The molecule has 3 aromatic rings. The van der Waals surface area contributed by atoms with Gasteiger partial charge in [-0.05, 0) is 79.9 Å². The lowest BCUT2D eigenvalue weighted by Gasteiger charge is -2.17. The normalized spacial score (nSPS) is 14.7. The van der Waals surface area contributed by atoms with E-state index in [2.05, 4.69) is 10.0 Å². The molecule has 9 heteroatoms. The van der Waals surface area contributed by atoms with E-state index < -0.39 is 27.2 Å². The lowest BCUT2D eigenvalue weighted by atomic mass is 9.86. The lowest BCUT2D eigenvalue weighted by molar-refractivity contribution is -0.121. The van der Waals surface area contributed by atoms with Crippen LogP contribution >= 0.6 is 0 Å². The predicted octanol–water partition coefficient (Wildman–Crippen LogP) is 4.12. The molecule has 0 saturated heterocycles. The zero-order chi connectivity index (χ0) is 25.5. The summed E-state index contributed by atoms with van der Waals surface area (Å²) in [5, 5.41) is 2.64. The molecule has 0 fully saturated rings. The maximum absolute atomic E-state index is 13.7. The second kappa shape index (κ2) is 8.90. The minimum atomic E-state index is -3.83. The molecule has 0 atom stereocenters. The van der Waals surface area contributed by atoms with Gasteiger partial charge in [-0.25, -0.2) is 17.5 Å². The molecule has 2 N–H and O–H groups in total. The summed E-state index contributed by atoms with van der Waals surface area (Å²) >= 11 is 0. The van der Waals surface area contributed by atoms with E-state index in [4.69, 9.17) is 0 Å². The van der Waals surface area contributed by atoms with Gasteiger partial charge in [0.1, 0.15) is 5.82 Å². The first-order valence-electron chi connectivity index (χ1n) is 11.0. The Bertz CT molecular complexity index is 1430. The van der Waals surface area contributed by atoms with Gasteiger partial charge in [0.05, 0.1) is 10.3 Å². The van der Waals surface area contributed by atoms with Crippen LogP contribution < -0.4 is 14.9 Å². The van der Waals surface area contributed by atoms with Crippen LogP contribution in [0.1, 0.15) is 40.9 Å². The number of carbonyl (C=O) groups excluding carboxylic acids is 2. The maximum atomic E-state index is 13.7. The van der Waals surface area contributed by atoms with Gasteiger partial charge in [0.15, 0.2) is 0 Å². The SMILES string of the molecule is Cc1ccc(NC(=O)c2ccc(CNS(=O)(=O)c3ccc4c(c3)C(C)(C)C(=O)N4C)cc2)cc1F. The van der Waals surface area contributed by atoms with Crippen molar-refractivity contribution in [2.75, 3.05) is 17.3 Å². The van der Waals surface area contributed by atoms with Crippen LogP contribution in [0.5, 0.6) is 0 Å². The van der Waals surface area contributed by atoms with Crippen molar-refractivity contribution in [1.29, 1.82) is 0 Å². The van der Waals surface area contributed by atoms with Crippen LogP contribution in [-0.2, 0) is 26.8 Å². The number of likely N-dealkylation sites (N-methyl/N-ethyl adjacent to an activating group) is 1. The Hall–Kier alpha value is -3.56. The smallest absolute Gasteiger partial charge is 0.255 e. The zero-order valence-corrected chi connectivity index (χ0v) is 20.7. The first-order valence-corrected chi connectivity index (χ1v) is 12.5. The van der Waals surface area contributed by atoms with Gasteiger partial charge in [-0.15, -0.1) is 0 Å². The summed E-state index contributed by atoms with van der Waals surface area (Å²) in [6, 6.07) is 15.6. The second-order valence-corrected chi connectivity index (χ2v) is 10.9. The highest BCUT2D eigenvalue weighted by atomic mass is 32.2. The average molecular weight is 496 g/mol. The van der Waals surface area contributed by atoms with E-state index in [1.807, 2.05) is 0 Å². The first kappa shape index (κ1) is 24.6. The molecule has 1 aliphatic rings. The van der Waals surface area contributed by atoms with Gasteiger partial charge in [-0.1, -0.05) is 18.2 Å². The van der Waals surface area contributed by atoms with Gasteiger partial charge in [0, 0.05) is 30.5 Å². The minimum Gasteiger partial charge on any atom is -0.322 e. The summed E-state index contributed by atoms with van der Waals surface area (Å²) in [7, 11) is -2.16. The van der Waals surface area contributed by atoms with E-state index >= 15 is 0 Å². The minimum absolute atomic E-state index is 0.0206. The van der Waals surface area contributed by atoms with E-state index in [-0.39, 0.29) is 17.3 Å². The quantitative estimate of drug-likeness (QED) is 0.538. The molecule has 0 aliphatic carbocycles. The fraction of sp³-hybridized carbons (Fsp3) is 0.231. The van der Waals surface area contributed by atoms with Crippen molar-refractivity contribution in [3.63, 3.8) is 0 Å². The Morgan fingerprint density at radius 3 is 2.37 bits per heavy atom. The summed E-state index contributed by atoms with van der Waals surface area (Å²) in [4.78, 5) is 26.5. The van der Waals surface area contributed by atoms with E-state index in [0.717, 1.165) is 0 Å². The monoisotopic (exact) mass is 495 g/mol. The van der Waals surface area contributed by atoms with Crippen LogP contribution in [-0.4, -0.2) is 27.3 Å². The standard InChI is InChI=1S/C26H26FN3O4S/c1-16-5-10-19(13-22(16)27)29-24(31)18-8-6-17(7-9-18)15-28-35(33,34)20-11-12-23-21(14-20)26(2,3)25(32)30(23)4/h5-14,28H,15H2,1-4H3,(H,29,31). The largest absolute Gasteiger partial charge is 0.322 e. The number of amides is 2. The van der Waals surface area contributed by atoms with Crippen molar-refractivity contribution in [2.24, 2.45) is 0 Å². The number of anilines is 2.